The molecule has 0 bridgehead atoms. The Hall–Kier alpha value is -1.35. The second-order valence-corrected chi connectivity index (χ2v) is 2.82. The topological polar surface area (TPSA) is 29.5 Å². The number of benzene rings is 1. The van der Waals surface area contributed by atoms with E-state index in [2.05, 4.69) is 0 Å². The van der Waals surface area contributed by atoms with Gasteiger partial charge in [0.25, 0.3) is 0 Å². The van der Waals surface area contributed by atoms with Crippen LogP contribution in [0.1, 0.15) is 5.56 Å². The standard InChI is InChI=1S/C10H10O2S/c1-12-10(13)7-9(11)8-5-3-2-4-6-8/h2-7,11H,1H3/b9-7-. The largest absolute Gasteiger partial charge is 0.507 e. The van der Waals surface area contributed by atoms with Gasteiger partial charge in [0, 0.05) is 11.6 Å². The molecule has 0 saturated carbocycles. The van der Waals surface area contributed by atoms with E-state index in [1.165, 1.54) is 13.2 Å². The fourth-order valence-corrected chi connectivity index (χ4v) is 0.974. The normalized spacial score (nSPS) is 11.0. The van der Waals surface area contributed by atoms with Crippen LogP contribution in [-0.2, 0) is 4.74 Å². The van der Waals surface area contributed by atoms with Gasteiger partial charge in [0.15, 0.2) is 5.05 Å². The molecule has 0 fully saturated rings. The average molecular weight is 194 g/mol. The molecular weight excluding hydrogens is 184 g/mol. The predicted molar refractivity (Wildman–Crippen MR) is 56.7 cm³/mol. The first-order valence-electron chi connectivity index (χ1n) is 3.78. The molecule has 0 atom stereocenters. The number of hydrogen-bond acceptors (Lipinski definition) is 3. The molecule has 13 heavy (non-hydrogen) atoms. The predicted octanol–water partition coefficient (Wildman–Crippen LogP) is 2.56. The third kappa shape index (κ3) is 2.87. The summed E-state index contributed by atoms with van der Waals surface area (Å²) in [5.41, 5.74) is 0.724. The molecule has 0 amide bonds. The number of aliphatic hydroxyl groups is 1. The fourth-order valence-electron chi connectivity index (χ4n) is 0.863. The summed E-state index contributed by atoms with van der Waals surface area (Å²) in [6.07, 6.45) is 1.41. The summed E-state index contributed by atoms with van der Waals surface area (Å²) in [7, 11) is 1.47. The van der Waals surface area contributed by atoms with E-state index in [1.807, 2.05) is 18.2 Å². The van der Waals surface area contributed by atoms with Crippen molar-refractivity contribution in [3.05, 3.63) is 42.0 Å². The van der Waals surface area contributed by atoms with Gasteiger partial charge < -0.3 is 9.84 Å². The monoisotopic (exact) mass is 194 g/mol. The first-order chi connectivity index (χ1) is 6.24. The molecule has 0 aliphatic heterocycles. The highest BCUT2D eigenvalue weighted by molar-refractivity contribution is 7.80. The number of rotatable bonds is 2. The van der Waals surface area contributed by atoms with Crippen LogP contribution in [0.25, 0.3) is 5.76 Å². The van der Waals surface area contributed by atoms with Crippen molar-refractivity contribution in [2.24, 2.45) is 0 Å². The highest BCUT2D eigenvalue weighted by Crippen LogP contribution is 2.10. The molecule has 1 aromatic rings. The van der Waals surface area contributed by atoms with E-state index in [0.717, 1.165) is 5.56 Å². The maximum atomic E-state index is 9.52. The third-order valence-electron chi connectivity index (χ3n) is 1.53. The van der Waals surface area contributed by atoms with Crippen LogP contribution < -0.4 is 0 Å². The zero-order valence-corrected chi connectivity index (χ0v) is 8.04. The maximum absolute atomic E-state index is 9.52. The van der Waals surface area contributed by atoms with Crippen LogP contribution in [0.5, 0.6) is 0 Å². The summed E-state index contributed by atoms with van der Waals surface area (Å²) >= 11 is 4.77. The third-order valence-corrected chi connectivity index (χ3v) is 1.81. The molecule has 3 heteroatoms. The number of ether oxygens (including phenoxy) is 1. The lowest BCUT2D eigenvalue weighted by Crippen LogP contribution is -1.93. The molecule has 0 aliphatic carbocycles. The van der Waals surface area contributed by atoms with Gasteiger partial charge in [-0.05, 0) is 12.2 Å². The van der Waals surface area contributed by atoms with Crippen LogP contribution in [0.15, 0.2) is 36.4 Å². The van der Waals surface area contributed by atoms with Crippen molar-refractivity contribution in [2.75, 3.05) is 7.11 Å². The Labute approximate surface area is 82.5 Å². The maximum Gasteiger partial charge on any atom is 0.187 e. The van der Waals surface area contributed by atoms with Crippen LogP contribution >= 0.6 is 12.2 Å². The zero-order valence-electron chi connectivity index (χ0n) is 7.23. The molecular formula is C10H10O2S. The van der Waals surface area contributed by atoms with Gasteiger partial charge in [0.05, 0.1) is 7.11 Å². The first kappa shape index (κ1) is 9.74. The van der Waals surface area contributed by atoms with Gasteiger partial charge in [-0.2, -0.15) is 0 Å². The van der Waals surface area contributed by atoms with Crippen molar-refractivity contribution in [1.29, 1.82) is 0 Å². The molecule has 0 saturated heterocycles. The van der Waals surface area contributed by atoms with Crippen LogP contribution in [0.3, 0.4) is 0 Å². The van der Waals surface area contributed by atoms with Crippen molar-refractivity contribution in [3.63, 3.8) is 0 Å². The van der Waals surface area contributed by atoms with Crippen molar-refractivity contribution in [1.82, 2.24) is 0 Å². The second-order valence-electron chi connectivity index (χ2n) is 2.42. The quantitative estimate of drug-likeness (QED) is 0.445. The smallest absolute Gasteiger partial charge is 0.187 e. The molecule has 1 N–H and O–H groups in total. The Balaban J connectivity index is 2.85. The van der Waals surface area contributed by atoms with E-state index < -0.39 is 0 Å². The molecule has 2 nitrogen and oxygen atoms in total. The molecule has 1 rings (SSSR count). The Morgan fingerprint density at radius 3 is 2.54 bits per heavy atom. The van der Waals surface area contributed by atoms with Gasteiger partial charge in [-0.1, -0.05) is 30.3 Å². The molecule has 0 radical (unpaired) electrons. The number of methoxy groups -OCH3 is 1. The summed E-state index contributed by atoms with van der Waals surface area (Å²) in [6.45, 7) is 0. The summed E-state index contributed by atoms with van der Waals surface area (Å²) in [5.74, 6) is 0.118. The van der Waals surface area contributed by atoms with E-state index in [1.54, 1.807) is 12.1 Å². The molecule has 0 unspecified atom stereocenters. The van der Waals surface area contributed by atoms with Crippen molar-refractivity contribution in [2.45, 2.75) is 0 Å². The van der Waals surface area contributed by atoms with Gasteiger partial charge in [-0.15, -0.1) is 0 Å². The van der Waals surface area contributed by atoms with Crippen molar-refractivity contribution in [3.8, 4) is 0 Å². The Kier molecular flexibility index (Phi) is 3.46. The van der Waals surface area contributed by atoms with E-state index >= 15 is 0 Å². The minimum Gasteiger partial charge on any atom is -0.507 e. The van der Waals surface area contributed by atoms with E-state index in [-0.39, 0.29) is 10.8 Å². The zero-order chi connectivity index (χ0) is 9.68. The Bertz CT molecular complexity index is 317. The van der Waals surface area contributed by atoms with Gasteiger partial charge in [0.1, 0.15) is 5.76 Å². The van der Waals surface area contributed by atoms with Crippen molar-refractivity contribution >= 4 is 23.0 Å². The van der Waals surface area contributed by atoms with Crippen LogP contribution in [0.4, 0.5) is 0 Å². The van der Waals surface area contributed by atoms with Crippen LogP contribution in [0.2, 0.25) is 0 Å². The lowest BCUT2D eigenvalue weighted by molar-refractivity contribution is 0.416. The number of thiocarbonyl (C=S) groups is 1. The fraction of sp³-hybridized carbons (Fsp3) is 0.100. The summed E-state index contributed by atoms with van der Waals surface area (Å²) < 4.78 is 4.74. The SMILES string of the molecule is COC(=S)/C=C(\O)c1ccccc1. The van der Waals surface area contributed by atoms with Crippen LogP contribution in [0, 0.1) is 0 Å². The highest BCUT2D eigenvalue weighted by Gasteiger charge is 1.98. The van der Waals surface area contributed by atoms with Gasteiger partial charge >= 0.3 is 0 Å². The summed E-state index contributed by atoms with van der Waals surface area (Å²) in [6, 6.07) is 9.16. The number of aliphatic hydroxyl groups excluding tert-OH is 1. The van der Waals surface area contributed by atoms with E-state index in [9.17, 15) is 5.11 Å². The molecule has 0 aromatic heterocycles. The van der Waals surface area contributed by atoms with E-state index in [0.29, 0.717) is 0 Å². The highest BCUT2D eigenvalue weighted by atomic mass is 32.1. The minimum absolute atomic E-state index is 0.118. The van der Waals surface area contributed by atoms with Gasteiger partial charge in [-0.25, -0.2) is 0 Å². The minimum atomic E-state index is 0.118. The summed E-state index contributed by atoms with van der Waals surface area (Å²) in [4.78, 5) is 0. The lowest BCUT2D eigenvalue weighted by Gasteiger charge is -1.99. The molecule has 0 spiro atoms. The van der Waals surface area contributed by atoms with E-state index in [4.69, 9.17) is 17.0 Å². The Morgan fingerprint density at radius 2 is 2.00 bits per heavy atom. The lowest BCUT2D eigenvalue weighted by atomic mass is 10.2. The molecule has 0 aliphatic rings. The molecule has 0 heterocycles. The second kappa shape index (κ2) is 4.62. The van der Waals surface area contributed by atoms with Crippen LogP contribution in [-0.4, -0.2) is 17.3 Å². The molecule has 1 aromatic carbocycles. The van der Waals surface area contributed by atoms with Crippen molar-refractivity contribution < 1.29 is 9.84 Å². The Morgan fingerprint density at radius 1 is 1.38 bits per heavy atom. The summed E-state index contributed by atoms with van der Waals surface area (Å²) in [5, 5.41) is 9.78. The number of hydrogen-bond donors (Lipinski definition) is 1. The average Bonchev–Trinajstić information content (AvgIpc) is 2.19. The molecule has 68 valence electrons. The van der Waals surface area contributed by atoms with Gasteiger partial charge in [0.2, 0.25) is 0 Å². The first-order valence-corrected chi connectivity index (χ1v) is 4.19. The van der Waals surface area contributed by atoms with Gasteiger partial charge in [-0.3, -0.25) is 0 Å².